The Balaban J connectivity index is 0.00000144. The van der Waals surface area contributed by atoms with Gasteiger partial charge in [-0.3, -0.25) is 4.79 Å². The second kappa shape index (κ2) is 7.22. The lowest BCUT2D eigenvalue weighted by atomic mass is 9.97. The van der Waals surface area contributed by atoms with Gasteiger partial charge in [-0.15, -0.1) is 12.4 Å². The lowest BCUT2D eigenvalue weighted by Crippen LogP contribution is -2.46. The fourth-order valence-corrected chi connectivity index (χ4v) is 2.90. The van der Waals surface area contributed by atoms with E-state index in [4.69, 9.17) is 0 Å². The number of carbonyl (C=O) groups excluding carboxylic acids is 1. The molecular weight excluding hydrogens is 236 g/mol. The van der Waals surface area contributed by atoms with Gasteiger partial charge < -0.3 is 10.2 Å². The van der Waals surface area contributed by atoms with E-state index in [1.165, 1.54) is 25.7 Å². The molecule has 0 aromatic heterocycles. The van der Waals surface area contributed by atoms with Crippen molar-refractivity contribution in [2.24, 2.45) is 5.92 Å². The standard InChI is InChI=1S/C13H24N2O.ClH/c1-11-6-3-2-4-9-15(11)13(16)12-7-5-8-14-10-12;/h11-12,14H,2-10H2,1H3;1H. The second-order valence-electron chi connectivity index (χ2n) is 5.27. The number of carbonyl (C=O) groups is 1. The maximum Gasteiger partial charge on any atom is 0.227 e. The molecule has 0 bridgehead atoms. The van der Waals surface area contributed by atoms with Crippen molar-refractivity contribution in [3.63, 3.8) is 0 Å². The topological polar surface area (TPSA) is 32.3 Å². The van der Waals surface area contributed by atoms with E-state index in [9.17, 15) is 4.79 Å². The molecule has 2 heterocycles. The quantitative estimate of drug-likeness (QED) is 0.784. The molecule has 0 aliphatic carbocycles. The van der Waals surface area contributed by atoms with Crippen molar-refractivity contribution < 1.29 is 4.79 Å². The van der Waals surface area contributed by atoms with E-state index in [-0.39, 0.29) is 18.3 Å². The molecule has 1 amide bonds. The predicted octanol–water partition coefficient (Wildman–Crippen LogP) is 2.20. The summed E-state index contributed by atoms with van der Waals surface area (Å²) in [5.41, 5.74) is 0. The number of likely N-dealkylation sites (tertiary alicyclic amines) is 1. The molecule has 2 atom stereocenters. The number of rotatable bonds is 1. The summed E-state index contributed by atoms with van der Waals surface area (Å²) in [6.07, 6.45) is 7.18. The molecule has 2 aliphatic heterocycles. The second-order valence-corrected chi connectivity index (χ2v) is 5.27. The zero-order chi connectivity index (χ0) is 11.4. The SMILES string of the molecule is CC1CCCCCN1C(=O)C1CCCNC1.Cl. The number of nitrogens with zero attached hydrogens (tertiary/aromatic N) is 1. The molecule has 0 radical (unpaired) electrons. The molecule has 2 fully saturated rings. The third kappa shape index (κ3) is 3.85. The van der Waals surface area contributed by atoms with Gasteiger partial charge in [0, 0.05) is 19.1 Å². The van der Waals surface area contributed by atoms with Crippen LogP contribution in [-0.2, 0) is 4.79 Å². The van der Waals surface area contributed by atoms with Crippen LogP contribution in [0.25, 0.3) is 0 Å². The molecule has 4 heteroatoms. The molecule has 1 N–H and O–H groups in total. The number of piperidine rings is 1. The van der Waals surface area contributed by atoms with Gasteiger partial charge in [-0.1, -0.05) is 12.8 Å². The minimum Gasteiger partial charge on any atom is -0.340 e. The van der Waals surface area contributed by atoms with E-state index < -0.39 is 0 Å². The van der Waals surface area contributed by atoms with Crippen molar-refractivity contribution in [3.8, 4) is 0 Å². The van der Waals surface area contributed by atoms with Crippen LogP contribution >= 0.6 is 12.4 Å². The fourth-order valence-electron chi connectivity index (χ4n) is 2.90. The summed E-state index contributed by atoms with van der Waals surface area (Å²) < 4.78 is 0. The van der Waals surface area contributed by atoms with Gasteiger partial charge in [-0.2, -0.15) is 0 Å². The smallest absolute Gasteiger partial charge is 0.227 e. The molecule has 2 saturated heterocycles. The van der Waals surface area contributed by atoms with Crippen molar-refractivity contribution in [1.29, 1.82) is 0 Å². The van der Waals surface area contributed by atoms with Gasteiger partial charge in [0.05, 0.1) is 5.92 Å². The molecule has 0 saturated carbocycles. The van der Waals surface area contributed by atoms with Gasteiger partial charge in [0.15, 0.2) is 0 Å². The molecule has 2 rings (SSSR count). The third-order valence-electron chi connectivity index (χ3n) is 3.98. The summed E-state index contributed by atoms with van der Waals surface area (Å²) in [5.74, 6) is 0.649. The molecule has 0 aromatic rings. The Hall–Kier alpha value is -0.280. The van der Waals surface area contributed by atoms with Gasteiger partial charge >= 0.3 is 0 Å². The van der Waals surface area contributed by atoms with E-state index >= 15 is 0 Å². The van der Waals surface area contributed by atoms with E-state index in [1.54, 1.807) is 0 Å². The first-order valence-corrected chi connectivity index (χ1v) is 6.80. The molecule has 17 heavy (non-hydrogen) atoms. The Morgan fingerprint density at radius 3 is 2.71 bits per heavy atom. The zero-order valence-corrected chi connectivity index (χ0v) is 11.6. The molecule has 100 valence electrons. The highest BCUT2D eigenvalue weighted by molar-refractivity contribution is 5.85. The van der Waals surface area contributed by atoms with Crippen LogP contribution in [0.15, 0.2) is 0 Å². The largest absolute Gasteiger partial charge is 0.340 e. The lowest BCUT2D eigenvalue weighted by Gasteiger charge is -2.32. The fraction of sp³-hybridized carbons (Fsp3) is 0.923. The van der Waals surface area contributed by atoms with Gasteiger partial charge in [0.1, 0.15) is 0 Å². The van der Waals surface area contributed by atoms with Crippen molar-refractivity contribution in [1.82, 2.24) is 10.2 Å². The van der Waals surface area contributed by atoms with Crippen molar-refractivity contribution in [3.05, 3.63) is 0 Å². The van der Waals surface area contributed by atoms with Crippen LogP contribution < -0.4 is 5.32 Å². The first-order valence-electron chi connectivity index (χ1n) is 6.80. The Kier molecular flexibility index (Phi) is 6.28. The minimum atomic E-state index is 0. The highest BCUT2D eigenvalue weighted by Gasteiger charge is 2.29. The molecule has 2 unspecified atom stereocenters. The number of hydrogen-bond donors (Lipinski definition) is 1. The predicted molar refractivity (Wildman–Crippen MR) is 72.5 cm³/mol. The van der Waals surface area contributed by atoms with Crippen LogP contribution in [0.5, 0.6) is 0 Å². The van der Waals surface area contributed by atoms with Gasteiger partial charge in [-0.05, 0) is 39.2 Å². The average Bonchev–Trinajstić information content (AvgIpc) is 2.54. The van der Waals surface area contributed by atoms with E-state index in [0.29, 0.717) is 11.9 Å². The number of nitrogens with one attached hydrogen (secondary N) is 1. The average molecular weight is 261 g/mol. The summed E-state index contributed by atoms with van der Waals surface area (Å²) in [6.45, 7) is 5.16. The van der Waals surface area contributed by atoms with Crippen LogP contribution in [-0.4, -0.2) is 36.5 Å². The van der Waals surface area contributed by atoms with Crippen LogP contribution in [0.2, 0.25) is 0 Å². The molecule has 3 nitrogen and oxygen atoms in total. The lowest BCUT2D eigenvalue weighted by molar-refractivity contribution is -0.138. The molecule has 2 aliphatic rings. The highest BCUT2D eigenvalue weighted by Crippen LogP contribution is 2.21. The normalized spacial score (nSPS) is 30.3. The van der Waals surface area contributed by atoms with Crippen molar-refractivity contribution >= 4 is 18.3 Å². The Bertz CT molecular complexity index is 242. The summed E-state index contributed by atoms with van der Waals surface area (Å²) >= 11 is 0. The van der Waals surface area contributed by atoms with E-state index in [2.05, 4.69) is 17.1 Å². The van der Waals surface area contributed by atoms with Crippen LogP contribution in [0, 0.1) is 5.92 Å². The summed E-state index contributed by atoms with van der Waals surface area (Å²) in [4.78, 5) is 14.5. The van der Waals surface area contributed by atoms with Crippen LogP contribution in [0.1, 0.15) is 45.4 Å². The molecule has 0 aromatic carbocycles. The number of hydrogen-bond acceptors (Lipinski definition) is 2. The Morgan fingerprint density at radius 2 is 2.00 bits per heavy atom. The van der Waals surface area contributed by atoms with Crippen molar-refractivity contribution in [2.45, 2.75) is 51.5 Å². The summed E-state index contributed by atoms with van der Waals surface area (Å²) in [5, 5.41) is 3.34. The van der Waals surface area contributed by atoms with Crippen LogP contribution in [0.4, 0.5) is 0 Å². The van der Waals surface area contributed by atoms with Crippen LogP contribution in [0.3, 0.4) is 0 Å². The van der Waals surface area contributed by atoms with E-state index in [0.717, 1.165) is 32.5 Å². The summed E-state index contributed by atoms with van der Waals surface area (Å²) in [6, 6.07) is 0.455. The van der Waals surface area contributed by atoms with Crippen molar-refractivity contribution in [2.75, 3.05) is 19.6 Å². The minimum absolute atomic E-state index is 0. The van der Waals surface area contributed by atoms with E-state index in [1.807, 2.05) is 0 Å². The highest BCUT2D eigenvalue weighted by atomic mass is 35.5. The van der Waals surface area contributed by atoms with Gasteiger partial charge in [-0.25, -0.2) is 0 Å². The first-order chi connectivity index (χ1) is 7.79. The number of halogens is 1. The monoisotopic (exact) mass is 260 g/mol. The maximum atomic E-state index is 12.4. The van der Waals surface area contributed by atoms with Gasteiger partial charge in [0.25, 0.3) is 0 Å². The Labute approximate surface area is 111 Å². The third-order valence-corrected chi connectivity index (χ3v) is 3.98. The first kappa shape index (κ1) is 14.8. The number of amides is 1. The summed E-state index contributed by atoms with van der Waals surface area (Å²) in [7, 11) is 0. The maximum absolute atomic E-state index is 12.4. The molecular formula is C13H25ClN2O. The van der Waals surface area contributed by atoms with Gasteiger partial charge in [0.2, 0.25) is 5.91 Å². The zero-order valence-electron chi connectivity index (χ0n) is 10.8. The molecule has 0 spiro atoms. The Morgan fingerprint density at radius 1 is 1.18 bits per heavy atom.